The van der Waals surface area contributed by atoms with Gasteiger partial charge in [0.05, 0.1) is 18.7 Å². The molecule has 0 N–H and O–H groups in total. The summed E-state index contributed by atoms with van der Waals surface area (Å²) in [5, 5.41) is 0. The zero-order valence-electron chi connectivity index (χ0n) is 12.0. The molecule has 0 bridgehead atoms. The van der Waals surface area contributed by atoms with Gasteiger partial charge in [0.15, 0.2) is 0 Å². The van der Waals surface area contributed by atoms with Crippen molar-refractivity contribution in [3.8, 4) is 11.8 Å². The van der Waals surface area contributed by atoms with Crippen molar-refractivity contribution >= 4 is 11.5 Å². The number of esters is 1. The summed E-state index contributed by atoms with van der Waals surface area (Å²) in [5.41, 5.74) is 2.13. The molecule has 0 aliphatic rings. The van der Waals surface area contributed by atoms with Gasteiger partial charge >= 0.3 is 5.97 Å². The van der Waals surface area contributed by atoms with Crippen LogP contribution in [0.2, 0.25) is 0 Å². The number of hydrogen-bond donors (Lipinski definition) is 0. The van der Waals surface area contributed by atoms with E-state index in [1.165, 1.54) is 0 Å². The van der Waals surface area contributed by atoms with E-state index < -0.39 is 0 Å². The lowest BCUT2D eigenvalue weighted by Crippen LogP contribution is -2.11. The predicted molar refractivity (Wildman–Crippen MR) is 78.8 cm³/mol. The first-order valence-corrected chi connectivity index (χ1v) is 6.54. The zero-order chi connectivity index (χ0) is 14.5. The second-order valence-electron chi connectivity index (χ2n) is 4.66. The molecule has 4 heteroatoms. The molecule has 0 atom stereocenters. The number of aromatic nitrogens is 1. The van der Waals surface area contributed by atoms with Gasteiger partial charge in [0.2, 0.25) is 0 Å². The molecule has 0 fully saturated rings. The molecule has 2 aromatic rings. The van der Waals surface area contributed by atoms with Gasteiger partial charge in [-0.05, 0) is 45.1 Å². The quantitative estimate of drug-likeness (QED) is 0.632. The third kappa shape index (κ3) is 3.01. The highest BCUT2D eigenvalue weighted by molar-refractivity contribution is 5.94. The van der Waals surface area contributed by atoms with E-state index >= 15 is 0 Å². The Kier molecular flexibility index (Phi) is 4.44. The Bertz CT molecular complexity index is 675. The van der Waals surface area contributed by atoms with Crippen LogP contribution in [0.1, 0.15) is 23.0 Å². The maximum atomic E-state index is 12.0. The van der Waals surface area contributed by atoms with E-state index in [2.05, 4.69) is 11.8 Å². The van der Waals surface area contributed by atoms with Crippen LogP contribution < -0.4 is 0 Å². The van der Waals surface area contributed by atoms with Crippen LogP contribution in [-0.2, 0) is 4.74 Å². The van der Waals surface area contributed by atoms with E-state index in [0.29, 0.717) is 24.4 Å². The maximum Gasteiger partial charge on any atom is 0.341 e. The molecule has 2 rings (SSSR count). The van der Waals surface area contributed by atoms with Crippen molar-refractivity contribution in [1.82, 2.24) is 9.30 Å². The Morgan fingerprint density at radius 3 is 2.90 bits per heavy atom. The average molecular weight is 270 g/mol. The number of hydrogen-bond acceptors (Lipinski definition) is 3. The van der Waals surface area contributed by atoms with Crippen molar-refractivity contribution in [1.29, 1.82) is 0 Å². The monoisotopic (exact) mass is 270 g/mol. The number of ether oxygens (including phenoxy) is 1. The van der Waals surface area contributed by atoms with E-state index in [9.17, 15) is 4.79 Å². The molecule has 0 saturated heterocycles. The molecule has 0 unspecified atom stereocenters. The van der Waals surface area contributed by atoms with Crippen molar-refractivity contribution in [2.24, 2.45) is 0 Å². The average Bonchev–Trinajstić information content (AvgIpc) is 2.78. The fourth-order valence-electron chi connectivity index (χ4n) is 1.90. The van der Waals surface area contributed by atoms with Crippen LogP contribution in [0, 0.1) is 11.8 Å². The molecule has 0 aliphatic carbocycles. The summed E-state index contributed by atoms with van der Waals surface area (Å²) >= 11 is 0. The molecule has 0 saturated carbocycles. The summed E-state index contributed by atoms with van der Waals surface area (Å²) in [4.78, 5) is 14.0. The number of carbonyl (C=O) groups is 1. The highest BCUT2D eigenvalue weighted by atomic mass is 16.5. The van der Waals surface area contributed by atoms with E-state index in [-0.39, 0.29) is 5.97 Å². The summed E-state index contributed by atoms with van der Waals surface area (Å²) < 4.78 is 7.01. The van der Waals surface area contributed by atoms with Gasteiger partial charge in [-0.2, -0.15) is 0 Å². The van der Waals surface area contributed by atoms with Crippen molar-refractivity contribution in [3.63, 3.8) is 0 Å². The van der Waals surface area contributed by atoms with Gasteiger partial charge in [-0.15, -0.1) is 0 Å². The topological polar surface area (TPSA) is 34.0 Å². The minimum absolute atomic E-state index is 0.328. The first-order chi connectivity index (χ1) is 9.63. The van der Waals surface area contributed by atoms with Crippen molar-refractivity contribution < 1.29 is 9.53 Å². The van der Waals surface area contributed by atoms with E-state index in [0.717, 1.165) is 5.52 Å². The maximum absolute atomic E-state index is 12.0. The summed E-state index contributed by atoms with van der Waals surface area (Å²) in [6.07, 6.45) is 1.90. The Labute approximate surface area is 119 Å². The van der Waals surface area contributed by atoms with Crippen LogP contribution in [0.5, 0.6) is 0 Å². The van der Waals surface area contributed by atoms with E-state index in [1.54, 1.807) is 6.92 Å². The minimum atomic E-state index is -0.328. The number of nitrogens with zero attached hydrogens (tertiary/aromatic N) is 2. The van der Waals surface area contributed by atoms with Crippen molar-refractivity contribution in [2.75, 3.05) is 27.2 Å². The molecule has 0 amide bonds. The first kappa shape index (κ1) is 14.2. The fourth-order valence-corrected chi connectivity index (χ4v) is 1.90. The molecular weight excluding hydrogens is 252 g/mol. The fraction of sp³-hybridized carbons (Fsp3) is 0.312. The Morgan fingerprint density at radius 1 is 1.40 bits per heavy atom. The highest BCUT2D eigenvalue weighted by Gasteiger charge is 2.16. The molecule has 20 heavy (non-hydrogen) atoms. The lowest BCUT2D eigenvalue weighted by atomic mass is 10.2. The van der Waals surface area contributed by atoms with Gasteiger partial charge in [0, 0.05) is 11.7 Å². The summed E-state index contributed by atoms with van der Waals surface area (Å²) in [6.45, 7) is 2.79. The van der Waals surface area contributed by atoms with Crippen LogP contribution in [0.25, 0.3) is 5.52 Å². The van der Waals surface area contributed by atoms with E-state index in [4.69, 9.17) is 4.74 Å². The van der Waals surface area contributed by atoms with Crippen LogP contribution in [0.15, 0.2) is 30.5 Å². The molecule has 0 spiro atoms. The minimum Gasteiger partial charge on any atom is -0.462 e. The predicted octanol–water partition coefficient (Wildman–Crippen LogP) is 2.03. The van der Waals surface area contributed by atoms with Crippen LogP contribution in [0.3, 0.4) is 0 Å². The van der Waals surface area contributed by atoms with Gasteiger partial charge in [-0.1, -0.05) is 12.0 Å². The Balaban J connectivity index is 2.49. The molecule has 104 valence electrons. The lowest BCUT2D eigenvalue weighted by Gasteiger charge is -2.02. The van der Waals surface area contributed by atoms with Gasteiger partial charge < -0.3 is 9.14 Å². The Hall–Kier alpha value is -2.25. The second-order valence-corrected chi connectivity index (χ2v) is 4.66. The number of carbonyl (C=O) groups excluding carboxylic acids is 1. The first-order valence-electron chi connectivity index (χ1n) is 6.54. The summed E-state index contributed by atoms with van der Waals surface area (Å²) in [5.74, 6) is 5.81. The van der Waals surface area contributed by atoms with Gasteiger partial charge in [-0.25, -0.2) is 4.79 Å². The van der Waals surface area contributed by atoms with Gasteiger partial charge in [0.1, 0.15) is 5.69 Å². The van der Waals surface area contributed by atoms with Gasteiger partial charge in [-0.3, -0.25) is 4.90 Å². The molecule has 0 aliphatic heterocycles. The molecule has 4 nitrogen and oxygen atoms in total. The normalized spacial score (nSPS) is 10.4. The SMILES string of the molecule is CCOC(=O)c1cc2ccccn2c1C#CCN(C)C. The number of rotatable bonds is 3. The van der Waals surface area contributed by atoms with Crippen molar-refractivity contribution in [2.45, 2.75) is 6.92 Å². The zero-order valence-corrected chi connectivity index (χ0v) is 12.0. The molecule has 0 radical (unpaired) electrons. The molecule has 2 heterocycles. The molecule has 0 aromatic carbocycles. The third-order valence-corrected chi connectivity index (χ3v) is 2.78. The second kappa shape index (κ2) is 6.27. The largest absolute Gasteiger partial charge is 0.462 e. The van der Waals surface area contributed by atoms with Crippen molar-refractivity contribution in [3.05, 3.63) is 41.7 Å². The van der Waals surface area contributed by atoms with Gasteiger partial charge in [0.25, 0.3) is 0 Å². The summed E-state index contributed by atoms with van der Waals surface area (Å²) in [7, 11) is 3.91. The number of fused-ring (bicyclic) bond motifs is 1. The Morgan fingerprint density at radius 2 is 2.20 bits per heavy atom. The van der Waals surface area contributed by atoms with E-state index in [1.807, 2.05) is 53.9 Å². The van der Waals surface area contributed by atoms with Crippen LogP contribution in [-0.4, -0.2) is 42.5 Å². The summed E-state index contributed by atoms with van der Waals surface area (Å²) in [6, 6.07) is 7.61. The highest BCUT2D eigenvalue weighted by Crippen LogP contribution is 2.17. The lowest BCUT2D eigenvalue weighted by molar-refractivity contribution is 0.0526. The number of pyridine rings is 1. The standard InChI is InChI=1S/C16H18N2O2/c1-4-20-16(19)14-12-13-8-5-6-11-18(13)15(14)9-7-10-17(2)3/h5-6,8,11-12H,4,10H2,1-3H3. The smallest absolute Gasteiger partial charge is 0.341 e. The third-order valence-electron chi connectivity index (χ3n) is 2.78. The molecular formula is C16H18N2O2. The molecule has 2 aromatic heterocycles. The van der Waals surface area contributed by atoms with Crippen LogP contribution in [0.4, 0.5) is 0 Å². The van der Waals surface area contributed by atoms with Crippen LogP contribution >= 0.6 is 0 Å².